The predicted octanol–water partition coefficient (Wildman–Crippen LogP) is 3.59. The van der Waals surface area contributed by atoms with E-state index in [0.717, 1.165) is 0 Å². The molecule has 0 bridgehead atoms. The Balaban J connectivity index is 1.33. The minimum absolute atomic E-state index is 0.0526. The minimum atomic E-state index is -1.94. The second-order valence-corrected chi connectivity index (χ2v) is 13.6. The van der Waals surface area contributed by atoms with Gasteiger partial charge in [0.15, 0.2) is 57.2 Å². The number of methoxy groups -OCH3 is 4. The normalized spacial score (nSPS) is 22.1. The minimum Gasteiger partial charge on any atom is -0.504 e. The molecule has 54 heavy (non-hydrogen) atoms. The third-order valence-electron chi connectivity index (χ3n) is 10.3. The Hall–Kier alpha value is -5.86. The van der Waals surface area contributed by atoms with Crippen LogP contribution < -0.4 is 18.9 Å². The third-order valence-corrected chi connectivity index (χ3v) is 10.3. The maximum Gasteiger partial charge on any atom is 0.338 e. The van der Waals surface area contributed by atoms with Crippen LogP contribution in [0.4, 0.5) is 0 Å². The maximum absolute atomic E-state index is 13.0. The zero-order chi connectivity index (χ0) is 38.9. The van der Waals surface area contributed by atoms with Crippen LogP contribution in [-0.2, 0) is 44.7 Å². The van der Waals surface area contributed by atoms with Crippen molar-refractivity contribution in [2.75, 3.05) is 41.7 Å². The number of hydrogen-bond donors (Lipinski definition) is 6. The maximum atomic E-state index is 13.0. The van der Waals surface area contributed by atoms with E-state index in [-0.39, 0.29) is 96.0 Å². The van der Waals surface area contributed by atoms with E-state index in [0.29, 0.717) is 22.3 Å². The lowest BCUT2D eigenvalue weighted by atomic mass is 9.80. The fraction of sp³-hybridized carbons (Fsp3) is 0.350. The summed E-state index contributed by atoms with van der Waals surface area (Å²) >= 11 is 0. The van der Waals surface area contributed by atoms with Gasteiger partial charge in [-0.1, -0.05) is 12.1 Å². The van der Waals surface area contributed by atoms with E-state index in [1.807, 2.05) is 0 Å². The molecule has 2 aliphatic rings. The standard InChI is InChI=1S/C40H42O14/c1-49-31-13-21(5-7-29(31)41)17-39(47)25(19-53-37(39)45)9-23-11-27(35(43)33(15-23)51-3)28-12-24(16-34(52-4)36(28)44)10-26-20-54-38(46)40(26,48)18-22-6-8-30(42)32(14-22)50-2/h5-8,11-16,25-26,41-44,47-48H,9-10,17-20H2,1-4H3/t25-,26-,39-,40-/m0/s1. The number of aromatic hydroxyl groups is 4. The lowest BCUT2D eigenvalue weighted by molar-refractivity contribution is -0.154. The van der Waals surface area contributed by atoms with Gasteiger partial charge < -0.3 is 59.1 Å². The number of rotatable bonds is 13. The monoisotopic (exact) mass is 746 g/mol. The fourth-order valence-electron chi connectivity index (χ4n) is 7.24. The number of benzene rings is 4. The van der Waals surface area contributed by atoms with Crippen molar-refractivity contribution >= 4 is 11.9 Å². The number of ether oxygens (including phenoxy) is 6. The van der Waals surface area contributed by atoms with Crippen molar-refractivity contribution in [1.29, 1.82) is 0 Å². The van der Waals surface area contributed by atoms with E-state index in [9.17, 15) is 40.2 Å². The van der Waals surface area contributed by atoms with Crippen molar-refractivity contribution < 1.29 is 68.6 Å². The Morgan fingerprint density at radius 2 is 0.907 bits per heavy atom. The molecule has 2 aliphatic heterocycles. The Morgan fingerprint density at radius 3 is 1.26 bits per heavy atom. The van der Waals surface area contributed by atoms with Crippen LogP contribution in [0.15, 0.2) is 60.7 Å². The van der Waals surface area contributed by atoms with Gasteiger partial charge in [-0.3, -0.25) is 0 Å². The van der Waals surface area contributed by atoms with Gasteiger partial charge in [0, 0.05) is 35.8 Å². The highest BCUT2D eigenvalue weighted by atomic mass is 16.6. The van der Waals surface area contributed by atoms with Crippen LogP contribution in [0.25, 0.3) is 11.1 Å². The molecule has 0 aliphatic carbocycles. The largest absolute Gasteiger partial charge is 0.504 e. The quantitative estimate of drug-likeness (QED) is 0.108. The molecule has 14 heteroatoms. The van der Waals surface area contributed by atoms with Crippen LogP contribution in [0.3, 0.4) is 0 Å². The van der Waals surface area contributed by atoms with Crippen molar-refractivity contribution in [3.63, 3.8) is 0 Å². The molecule has 6 rings (SSSR count). The lowest BCUT2D eigenvalue weighted by Gasteiger charge is -2.26. The molecule has 0 spiro atoms. The molecule has 2 heterocycles. The predicted molar refractivity (Wildman–Crippen MR) is 191 cm³/mol. The van der Waals surface area contributed by atoms with Crippen molar-refractivity contribution in [3.05, 3.63) is 82.9 Å². The highest BCUT2D eigenvalue weighted by Gasteiger charge is 2.52. The second-order valence-electron chi connectivity index (χ2n) is 13.6. The molecular weight excluding hydrogens is 704 g/mol. The molecular formula is C40H42O14. The van der Waals surface area contributed by atoms with Crippen molar-refractivity contribution in [2.24, 2.45) is 11.8 Å². The van der Waals surface area contributed by atoms with Gasteiger partial charge in [0.2, 0.25) is 0 Å². The van der Waals surface area contributed by atoms with E-state index >= 15 is 0 Å². The molecule has 0 saturated carbocycles. The highest BCUT2D eigenvalue weighted by molar-refractivity contribution is 5.84. The number of hydrogen-bond acceptors (Lipinski definition) is 14. The van der Waals surface area contributed by atoms with Crippen LogP contribution in [0, 0.1) is 11.8 Å². The number of carbonyl (C=O) groups excluding carboxylic acids is 2. The summed E-state index contributed by atoms with van der Waals surface area (Å²) in [5, 5.41) is 66.3. The zero-order valence-corrected chi connectivity index (χ0v) is 30.1. The van der Waals surface area contributed by atoms with Gasteiger partial charge in [0.1, 0.15) is 0 Å². The average molecular weight is 747 g/mol. The molecule has 0 unspecified atom stereocenters. The number of cyclic esters (lactones) is 2. The molecule has 4 atom stereocenters. The van der Waals surface area contributed by atoms with E-state index < -0.39 is 35.0 Å². The highest BCUT2D eigenvalue weighted by Crippen LogP contribution is 2.47. The van der Waals surface area contributed by atoms with Gasteiger partial charge in [-0.2, -0.15) is 0 Å². The molecule has 2 saturated heterocycles. The van der Waals surface area contributed by atoms with Gasteiger partial charge in [-0.05, 0) is 83.6 Å². The first-order valence-electron chi connectivity index (χ1n) is 17.1. The topological polar surface area (TPSA) is 211 Å². The van der Waals surface area contributed by atoms with Gasteiger partial charge in [0.25, 0.3) is 0 Å². The molecule has 286 valence electrons. The SMILES string of the molecule is COc1cc(C[C@@]2(O)C(=O)OC[C@@H]2Cc2cc(OC)c(O)c(-c3cc(C[C@H]4COC(=O)[C@]4(O)Cc4ccc(O)c(OC)c4)cc(OC)c3O)c2)ccc1O. The van der Waals surface area contributed by atoms with Gasteiger partial charge in [0.05, 0.1) is 41.7 Å². The number of aliphatic hydroxyl groups is 2. The summed E-state index contributed by atoms with van der Waals surface area (Å²) in [6, 6.07) is 15.3. The number of carbonyl (C=O) groups is 2. The molecule has 0 aromatic heterocycles. The first-order chi connectivity index (χ1) is 25.7. The molecule has 14 nitrogen and oxygen atoms in total. The first kappa shape index (κ1) is 37.9. The summed E-state index contributed by atoms with van der Waals surface area (Å²) < 4.78 is 32.0. The smallest absolute Gasteiger partial charge is 0.338 e. The third kappa shape index (κ3) is 6.97. The zero-order valence-electron chi connectivity index (χ0n) is 30.1. The van der Waals surface area contributed by atoms with Crippen LogP contribution in [0.5, 0.6) is 46.0 Å². The number of phenols is 4. The Bertz CT molecular complexity index is 1930. The molecule has 6 N–H and O–H groups in total. The number of esters is 2. The summed E-state index contributed by atoms with van der Waals surface area (Å²) in [4.78, 5) is 25.9. The van der Waals surface area contributed by atoms with E-state index in [2.05, 4.69) is 0 Å². The van der Waals surface area contributed by atoms with E-state index in [1.54, 1.807) is 36.4 Å². The van der Waals surface area contributed by atoms with Crippen molar-refractivity contribution in [2.45, 2.75) is 36.9 Å². The summed E-state index contributed by atoms with van der Waals surface area (Å²) in [7, 11) is 5.50. The Kier molecular flexibility index (Phi) is 10.4. The Morgan fingerprint density at radius 1 is 0.556 bits per heavy atom. The molecule has 2 fully saturated rings. The Labute approximate surface area is 310 Å². The summed E-state index contributed by atoms with van der Waals surface area (Å²) in [6.45, 7) is -0.195. The molecule has 0 radical (unpaired) electrons. The molecule has 4 aromatic rings. The van der Waals surface area contributed by atoms with Crippen LogP contribution in [0.2, 0.25) is 0 Å². The van der Waals surface area contributed by atoms with Crippen LogP contribution in [-0.4, -0.2) is 95.4 Å². The van der Waals surface area contributed by atoms with E-state index in [4.69, 9.17) is 28.4 Å². The summed E-state index contributed by atoms with van der Waals surface area (Å²) in [5.74, 6) is -3.44. The van der Waals surface area contributed by atoms with E-state index in [1.165, 1.54) is 52.7 Å². The van der Waals surface area contributed by atoms with Crippen molar-refractivity contribution in [1.82, 2.24) is 0 Å². The molecule has 0 amide bonds. The fourth-order valence-corrected chi connectivity index (χ4v) is 7.24. The van der Waals surface area contributed by atoms with Gasteiger partial charge in [-0.25, -0.2) is 9.59 Å². The van der Waals surface area contributed by atoms with Gasteiger partial charge >= 0.3 is 11.9 Å². The molecule has 4 aromatic carbocycles. The summed E-state index contributed by atoms with van der Waals surface area (Å²) in [6.07, 6.45) is -0.0743. The van der Waals surface area contributed by atoms with Crippen molar-refractivity contribution in [3.8, 4) is 57.1 Å². The van der Waals surface area contributed by atoms with Crippen LogP contribution >= 0.6 is 0 Å². The second kappa shape index (κ2) is 14.9. The summed E-state index contributed by atoms with van der Waals surface area (Å²) in [5.41, 5.74) is -1.49. The van der Waals surface area contributed by atoms with Gasteiger partial charge in [-0.15, -0.1) is 0 Å². The number of phenolic OH excluding ortho intramolecular Hbond substituents is 4. The van der Waals surface area contributed by atoms with Crippen LogP contribution in [0.1, 0.15) is 22.3 Å². The first-order valence-corrected chi connectivity index (χ1v) is 17.1. The lowest BCUT2D eigenvalue weighted by Crippen LogP contribution is -2.44. The average Bonchev–Trinajstić information content (AvgIpc) is 3.58.